The third kappa shape index (κ3) is 3.87. The van der Waals surface area contributed by atoms with E-state index in [1.807, 2.05) is 4.90 Å². The van der Waals surface area contributed by atoms with Crippen LogP contribution in [0.25, 0.3) is 0 Å². The number of aliphatic carboxylic acids is 1. The predicted molar refractivity (Wildman–Crippen MR) is 100 cm³/mol. The van der Waals surface area contributed by atoms with Crippen molar-refractivity contribution < 1.29 is 23.8 Å². The predicted octanol–water partition coefficient (Wildman–Crippen LogP) is 4.13. The van der Waals surface area contributed by atoms with Crippen molar-refractivity contribution in [1.29, 1.82) is 0 Å². The van der Waals surface area contributed by atoms with E-state index in [1.54, 1.807) is 30.3 Å². The Hall–Kier alpha value is -2.31. The average molecular weight is 394 g/mol. The van der Waals surface area contributed by atoms with Gasteiger partial charge in [0.15, 0.2) is 11.6 Å². The van der Waals surface area contributed by atoms with Gasteiger partial charge in [0.05, 0.1) is 20.3 Å². The van der Waals surface area contributed by atoms with Crippen molar-refractivity contribution in [2.24, 2.45) is 0 Å². The van der Waals surface area contributed by atoms with Crippen molar-refractivity contribution in [1.82, 2.24) is 4.90 Å². The number of hydrogen-bond acceptors (Lipinski definition) is 4. The molecule has 2 aromatic rings. The molecule has 0 spiro atoms. The van der Waals surface area contributed by atoms with Gasteiger partial charge in [-0.05, 0) is 48.7 Å². The Morgan fingerprint density at radius 2 is 1.93 bits per heavy atom. The number of methoxy groups -OCH3 is 2. The van der Waals surface area contributed by atoms with Crippen LogP contribution in [-0.4, -0.2) is 42.8 Å². The molecule has 1 fully saturated rings. The Morgan fingerprint density at radius 3 is 2.56 bits per heavy atom. The molecule has 0 amide bonds. The van der Waals surface area contributed by atoms with E-state index in [9.17, 15) is 14.3 Å². The molecule has 27 heavy (non-hydrogen) atoms. The fourth-order valence-electron chi connectivity index (χ4n) is 3.68. The molecule has 1 saturated heterocycles. The molecule has 0 radical (unpaired) electrons. The Kier molecular flexibility index (Phi) is 5.87. The Labute approximate surface area is 162 Å². The van der Waals surface area contributed by atoms with E-state index < -0.39 is 23.9 Å². The number of rotatable bonds is 6. The summed E-state index contributed by atoms with van der Waals surface area (Å²) >= 11 is 6.21. The fourth-order valence-corrected chi connectivity index (χ4v) is 3.87. The van der Waals surface area contributed by atoms with Gasteiger partial charge >= 0.3 is 5.97 Å². The first kappa shape index (κ1) is 19.5. The van der Waals surface area contributed by atoms with Crippen LogP contribution in [0.4, 0.5) is 4.39 Å². The van der Waals surface area contributed by atoms with Crippen LogP contribution in [0.5, 0.6) is 11.5 Å². The number of carbonyl (C=O) groups is 1. The molecule has 1 N–H and O–H groups in total. The highest BCUT2D eigenvalue weighted by Gasteiger charge is 2.38. The maximum atomic E-state index is 14.4. The third-order valence-corrected chi connectivity index (χ3v) is 5.12. The first-order valence-electron chi connectivity index (χ1n) is 8.61. The van der Waals surface area contributed by atoms with Gasteiger partial charge < -0.3 is 14.6 Å². The number of ether oxygens (including phenoxy) is 2. The number of halogens is 2. The highest BCUT2D eigenvalue weighted by atomic mass is 35.5. The Balaban J connectivity index is 2.17. The second kappa shape index (κ2) is 8.15. The zero-order valence-electron chi connectivity index (χ0n) is 15.1. The molecule has 0 saturated carbocycles. The molecule has 144 valence electrons. The number of nitrogens with zero attached hydrogens (tertiary/aromatic N) is 1. The Morgan fingerprint density at radius 1 is 1.22 bits per heavy atom. The first-order chi connectivity index (χ1) is 13.0. The maximum Gasteiger partial charge on any atom is 0.320 e. The summed E-state index contributed by atoms with van der Waals surface area (Å²) in [4.78, 5) is 13.6. The minimum absolute atomic E-state index is 0.131. The summed E-state index contributed by atoms with van der Waals surface area (Å²) in [5.74, 6) is -0.706. The molecule has 2 unspecified atom stereocenters. The highest BCUT2D eigenvalue weighted by Crippen LogP contribution is 2.40. The van der Waals surface area contributed by atoms with Crippen molar-refractivity contribution in [3.05, 3.63) is 58.4 Å². The lowest BCUT2D eigenvalue weighted by Crippen LogP contribution is -2.39. The summed E-state index contributed by atoms with van der Waals surface area (Å²) in [6.45, 7) is 0.574. The monoisotopic (exact) mass is 393 g/mol. The van der Waals surface area contributed by atoms with Crippen molar-refractivity contribution in [3.8, 4) is 11.5 Å². The number of hydrogen-bond donors (Lipinski definition) is 1. The molecule has 7 heteroatoms. The second-order valence-corrected chi connectivity index (χ2v) is 6.85. The van der Waals surface area contributed by atoms with Gasteiger partial charge in [0, 0.05) is 17.1 Å². The van der Waals surface area contributed by atoms with E-state index in [2.05, 4.69) is 0 Å². The molecule has 2 atom stereocenters. The SMILES string of the molecule is COc1ccc(C(c2cc(Cl)ccc2OC)N2CCCC2C(=O)O)cc1F. The first-order valence-corrected chi connectivity index (χ1v) is 8.99. The van der Waals surface area contributed by atoms with Crippen LogP contribution in [0.3, 0.4) is 0 Å². The van der Waals surface area contributed by atoms with Crippen LogP contribution in [0.2, 0.25) is 5.02 Å². The van der Waals surface area contributed by atoms with E-state index >= 15 is 0 Å². The van der Waals surface area contributed by atoms with Crippen molar-refractivity contribution in [2.45, 2.75) is 24.9 Å². The van der Waals surface area contributed by atoms with Crippen LogP contribution in [0, 0.1) is 5.82 Å². The van der Waals surface area contributed by atoms with Gasteiger partial charge in [-0.1, -0.05) is 17.7 Å². The van der Waals surface area contributed by atoms with E-state index in [-0.39, 0.29) is 5.75 Å². The quantitative estimate of drug-likeness (QED) is 0.799. The zero-order valence-corrected chi connectivity index (χ0v) is 15.9. The van der Waals surface area contributed by atoms with Gasteiger partial charge in [0.25, 0.3) is 0 Å². The molecule has 5 nitrogen and oxygen atoms in total. The number of carboxylic acid groups (broad SMARTS) is 1. The number of carboxylic acids is 1. The molecule has 0 aromatic heterocycles. The Bertz CT molecular complexity index is 845. The third-order valence-electron chi connectivity index (χ3n) is 4.89. The van der Waals surface area contributed by atoms with Crippen molar-refractivity contribution >= 4 is 17.6 Å². The van der Waals surface area contributed by atoms with Crippen LogP contribution >= 0.6 is 11.6 Å². The topological polar surface area (TPSA) is 59.0 Å². The van der Waals surface area contributed by atoms with Crippen molar-refractivity contribution in [3.63, 3.8) is 0 Å². The highest BCUT2D eigenvalue weighted by molar-refractivity contribution is 6.30. The minimum Gasteiger partial charge on any atom is -0.496 e. The normalized spacial score (nSPS) is 18.3. The largest absolute Gasteiger partial charge is 0.496 e. The van der Waals surface area contributed by atoms with Gasteiger partial charge in [-0.2, -0.15) is 0 Å². The molecule has 0 bridgehead atoms. The molecular weight excluding hydrogens is 373 g/mol. The summed E-state index contributed by atoms with van der Waals surface area (Å²) in [6, 6.07) is 8.66. The maximum absolute atomic E-state index is 14.4. The van der Waals surface area contributed by atoms with Gasteiger partial charge in [-0.3, -0.25) is 9.69 Å². The van der Waals surface area contributed by atoms with Crippen LogP contribution < -0.4 is 9.47 Å². The standard InChI is InChI=1S/C20H21ClFNO4/c1-26-17-8-6-13(21)11-14(17)19(23-9-3-4-16(23)20(24)25)12-5-7-18(27-2)15(22)10-12/h5-8,10-11,16,19H,3-4,9H2,1-2H3,(H,24,25). The number of likely N-dealkylation sites (tertiary alicyclic amines) is 1. The lowest BCUT2D eigenvalue weighted by atomic mass is 9.95. The minimum atomic E-state index is -0.896. The van der Waals surface area contributed by atoms with E-state index in [1.165, 1.54) is 20.3 Å². The molecule has 3 rings (SSSR count). The van der Waals surface area contributed by atoms with Crippen molar-refractivity contribution in [2.75, 3.05) is 20.8 Å². The summed E-state index contributed by atoms with van der Waals surface area (Å²) < 4.78 is 24.9. The van der Waals surface area contributed by atoms with Gasteiger partial charge in [-0.15, -0.1) is 0 Å². The molecule has 1 aliphatic rings. The van der Waals surface area contributed by atoms with E-state index in [0.717, 1.165) is 6.42 Å². The average Bonchev–Trinajstić information content (AvgIpc) is 3.12. The van der Waals surface area contributed by atoms with Gasteiger partial charge in [0.1, 0.15) is 11.8 Å². The lowest BCUT2D eigenvalue weighted by Gasteiger charge is -2.33. The van der Waals surface area contributed by atoms with Gasteiger partial charge in [-0.25, -0.2) is 4.39 Å². The summed E-state index contributed by atoms with van der Waals surface area (Å²) in [6.07, 6.45) is 1.28. The molecule has 1 heterocycles. The van der Waals surface area contributed by atoms with Crippen LogP contribution in [0.1, 0.15) is 30.0 Å². The van der Waals surface area contributed by atoms with E-state index in [0.29, 0.717) is 34.9 Å². The van der Waals surface area contributed by atoms with Gasteiger partial charge in [0.2, 0.25) is 0 Å². The smallest absolute Gasteiger partial charge is 0.320 e. The van der Waals surface area contributed by atoms with Crippen LogP contribution in [0.15, 0.2) is 36.4 Å². The number of benzene rings is 2. The summed E-state index contributed by atoms with van der Waals surface area (Å²) in [5, 5.41) is 10.1. The van der Waals surface area contributed by atoms with E-state index in [4.69, 9.17) is 21.1 Å². The molecule has 0 aliphatic carbocycles. The summed E-state index contributed by atoms with van der Waals surface area (Å²) in [5.41, 5.74) is 1.31. The van der Waals surface area contributed by atoms with Crippen LogP contribution in [-0.2, 0) is 4.79 Å². The fraction of sp³-hybridized carbons (Fsp3) is 0.350. The lowest BCUT2D eigenvalue weighted by molar-refractivity contribution is -0.142. The molecule has 2 aromatic carbocycles. The molecular formula is C20H21ClFNO4. The summed E-state index contributed by atoms with van der Waals surface area (Å²) in [7, 11) is 2.94. The zero-order chi connectivity index (χ0) is 19.6. The second-order valence-electron chi connectivity index (χ2n) is 6.42. The molecule has 1 aliphatic heterocycles.